The van der Waals surface area contributed by atoms with Crippen LogP contribution in [0.5, 0.6) is 0 Å². The Morgan fingerprint density at radius 2 is 1.59 bits per heavy atom. The smallest absolute Gasteiger partial charge is 0.257 e. The van der Waals surface area contributed by atoms with Crippen molar-refractivity contribution in [3.05, 3.63) is 87.7 Å². The van der Waals surface area contributed by atoms with Crippen LogP contribution >= 0.6 is 0 Å². The van der Waals surface area contributed by atoms with Crippen molar-refractivity contribution in [3.63, 3.8) is 0 Å². The van der Waals surface area contributed by atoms with Gasteiger partial charge >= 0.3 is 0 Å². The molecule has 0 radical (unpaired) electrons. The average Bonchev–Trinajstić information content (AvgIpc) is 3.16. The Kier molecular flexibility index (Phi) is 6.20. The van der Waals surface area contributed by atoms with E-state index in [1.54, 1.807) is 11.3 Å². The van der Waals surface area contributed by atoms with Gasteiger partial charge in [0.25, 0.3) is 5.56 Å². The lowest BCUT2D eigenvalue weighted by Gasteiger charge is -2.35. The lowest BCUT2D eigenvalue weighted by molar-refractivity contribution is 0.0633. The molecule has 0 saturated carbocycles. The van der Waals surface area contributed by atoms with Gasteiger partial charge in [-0.15, -0.1) is 0 Å². The van der Waals surface area contributed by atoms with Gasteiger partial charge in [-0.05, 0) is 30.2 Å². The third-order valence-electron chi connectivity index (χ3n) is 6.75. The molecule has 174 valence electrons. The number of aryl methyl sites for hydroxylation is 1. The fourth-order valence-electron chi connectivity index (χ4n) is 5.06. The number of para-hydroxylation sites is 2. The number of rotatable bonds is 6. The van der Waals surface area contributed by atoms with Gasteiger partial charge in [-0.2, -0.15) is 5.26 Å². The van der Waals surface area contributed by atoms with Crippen molar-refractivity contribution >= 4 is 16.7 Å². The summed E-state index contributed by atoms with van der Waals surface area (Å²) >= 11 is 0. The maximum atomic E-state index is 12.8. The van der Waals surface area contributed by atoms with Crippen molar-refractivity contribution < 1.29 is 5.11 Å². The maximum absolute atomic E-state index is 12.8. The summed E-state index contributed by atoms with van der Waals surface area (Å²) in [5, 5.41) is 20.9. The Morgan fingerprint density at radius 3 is 2.29 bits per heavy atom. The quantitative estimate of drug-likeness (QED) is 0.484. The van der Waals surface area contributed by atoms with Crippen molar-refractivity contribution in [2.75, 3.05) is 32.7 Å². The van der Waals surface area contributed by atoms with E-state index >= 15 is 0 Å². The van der Waals surface area contributed by atoms with Gasteiger partial charge in [-0.3, -0.25) is 19.0 Å². The molecular formula is C27H29N5O2. The molecule has 1 aliphatic rings. The summed E-state index contributed by atoms with van der Waals surface area (Å²) < 4.78 is 3.52. The lowest BCUT2D eigenvalue weighted by atomic mass is 10.1. The van der Waals surface area contributed by atoms with Crippen molar-refractivity contribution in [2.45, 2.75) is 26.1 Å². The van der Waals surface area contributed by atoms with Crippen molar-refractivity contribution in [3.8, 4) is 6.07 Å². The first-order valence-corrected chi connectivity index (χ1v) is 11.8. The van der Waals surface area contributed by atoms with Crippen LogP contribution in [-0.2, 0) is 13.1 Å². The molecule has 7 nitrogen and oxygen atoms in total. The number of β-amino-alcohol motifs (C(OH)–C–C–N with tert-alkyl or cyclic N) is 1. The summed E-state index contributed by atoms with van der Waals surface area (Å²) in [4.78, 5) is 17.6. The van der Waals surface area contributed by atoms with Crippen molar-refractivity contribution in [1.82, 2.24) is 18.8 Å². The molecule has 34 heavy (non-hydrogen) atoms. The number of hydrogen-bond acceptors (Lipinski definition) is 5. The third-order valence-corrected chi connectivity index (χ3v) is 6.75. The van der Waals surface area contributed by atoms with Gasteiger partial charge in [0.2, 0.25) is 0 Å². The first-order chi connectivity index (χ1) is 16.5. The van der Waals surface area contributed by atoms with Gasteiger partial charge in [-0.1, -0.05) is 42.5 Å². The Balaban J connectivity index is 1.34. The number of fused-ring (bicyclic) bond motifs is 3. The number of aromatic nitrogens is 2. The van der Waals surface area contributed by atoms with Gasteiger partial charge in [0.15, 0.2) is 0 Å². The van der Waals surface area contributed by atoms with Gasteiger partial charge in [0.1, 0.15) is 11.7 Å². The molecule has 1 saturated heterocycles. The molecule has 1 N–H and O–H groups in total. The molecule has 0 aliphatic carbocycles. The zero-order chi connectivity index (χ0) is 23.7. The number of pyridine rings is 1. The van der Waals surface area contributed by atoms with Crippen molar-refractivity contribution in [2.24, 2.45) is 0 Å². The average molecular weight is 456 g/mol. The monoisotopic (exact) mass is 455 g/mol. The molecule has 3 heterocycles. The van der Waals surface area contributed by atoms with E-state index in [0.29, 0.717) is 29.9 Å². The highest BCUT2D eigenvalue weighted by molar-refractivity contribution is 5.84. The Bertz CT molecular complexity index is 1410. The molecule has 1 aliphatic heterocycles. The molecule has 0 amide bonds. The SMILES string of the molecule is Cc1cc(=O)n2c3ccccc3n(C[C@H](O)CN3CCN(Cc4ccccc4)CC3)c2c1C#N. The van der Waals surface area contributed by atoms with Crippen LogP contribution in [0, 0.1) is 18.3 Å². The number of nitrogens with zero attached hydrogens (tertiary/aromatic N) is 5. The Morgan fingerprint density at radius 1 is 0.941 bits per heavy atom. The van der Waals surface area contributed by atoms with E-state index in [4.69, 9.17) is 0 Å². The zero-order valence-electron chi connectivity index (χ0n) is 19.4. The molecule has 1 atom stereocenters. The maximum Gasteiger partial charge on any atom is 0.257 e. The fraction of sp³-hybridized carbons (Fsp3) is 0.333. The second kappa shape index (κ2) is 9.43. The molecule has 2 aromatic heterocycles. The highest BCUT2D eigenvalue weighted by Crippen LogP contribution is 2.24. The Labute approximate surface area is 198 Å². The first-order valence-electron chi connectivity index (χ1n) is 11.8. The molecule has 0 spiro atoms. The third kappa shape index (κ3) is 4.24. The highest BCUT2D eigenvalue weighted by Gasteiger charge is 2.22. The van der Waals surface area contributed by atoms with Gasteiger partial charge in [0, 0.05) is 45.3 Å². The predicted octanol–water partition coefficient (Wildman–Crippen LogP) is 2.61. The minimum absolute atomic E-state index is 0.162. The molecule has 2 aromatic carbocycles. The number of nitriles is 1. The largest absolute Gasteiger partial charge is 0.390 e. The summed E-state index contributed by atoms with van der Waals surface area (Å²) in [5.74, 6) is 0. The van der Waals surface area contributed by atoms with E-state index in [-0.39, 0.29) is 5.56 Å². The minimum atomic E-state index is -0.623. The number of piperazine rings is 1. The van der Waals surface area contributed by atoms with Gasteiger partial charge in [-0.25, -0.2) is 0 Å². The van der Waals surface area contributed by atoms with Crippen LogP contribution in [0.25, 0.3) is 16.7 Å². The van der Waals surface area contributed by atoms with E-state index in [9.17, 15) is 15.2 Å². The fourth-order valence-corrected chi connectivity index (χ4v) is 5.06. The number of aliphatic hydroxyl groups is 1. The molecule has 7 heteroatoms. The number of aliphatic hydroxyl groups excluding tert-OH is 1. The minimum Gasteiger partial charge on any atom is -0.390 e. The summed E-state index contributed by atoms with van der Waals surface area (Å²) in [7, 11) is 0. The molecule has 0 unspecified atom stereocenters. The van der Waals surface area contributed by atoms with Crippen LogP contribution in [0.2, 0.25) is 0 Å². The Hall–Kier alpha value is -3.44. The van der Waals surface area contributed by atoms with Crippen LogP contribution in [0.15, 0.2) is 65.5 Å². The standard InChI is InChI=1S/C27H29N5O2/c1-20-15-26(34)32-25-10-6-5-9-24(25)31(27(32)23(20)16-28)19-22(33)18-30-13-11-29(12-14-30)17-21-7-3-2-4-8-21/h2-10,15,22,33H,11-14,17-19H2,1H3/t22-/m1/s1. The molecule has 4 aromatic rings. The second-order valence-electron chi connectivity index (χ2n) is 9.13. The summed E-state index contributed by atoms with van der Waals surface area (Å²) in [6.45, 7) is 7.33. The number of imidazole rings is 1. The van der Waals surface area contributed by atoms with Crippen LogP contribution < -0.4 is 5.56 Å². The second-order valence-corrected chi connectivity index (χ2v) is 9.13. The van der Waals surface area contributed by atoms with Crippen LogP contribution in [0.3, 0.4) is 0 Å². The topological polar surface area (TPSA) is 76.9 Å². The predicted molar refractivity (Wildman–Crippen MR) is 133 cm³/mol. The van der Waals surface area contributed by atoms with Gasteiger partial charge in [0.05, 0.1) is 29.2 Å². The molecular weight excluding hydrogens is 426 g/mol. The molecule has 5 rings (SSSR count). The normalized spacial score (nSPS) is 16.1. The zero-order valence-corrected chi connectivity index (χ0v) is 19.4. The molecule has 0 bridgehead atoms. The van der Waals surface area contributed by atoms with E-state index in [1.165, 1.54) is 11.6 Å². The van der Waals surface area contributed by atoms with E-state index in [1.807, 2.05) is 34.9 Å². The van der Waals surface area contributed by atoms with Crippen molar-refractivity contribution in [1.29, 1.82) is 5.26 Å². The summed E-state index contributed by atoms with van der Waals surface area (Å²) in [6.07, 6.45) is -0.623. The van der Waals surface area contributed by atoms with E-state index in [2.05, 4.69) is 40.1 Å². The first kappa shape index (κ1) is 22.4. The highest BCUT2D eigenvalue weighted by atomic mass is 16.3. The lowest BCUT2D eigenvalue weighted by Crippen LogP contribution is -2.48. The molecule has 1 fully saturated rings. The van der Waals surface area contributed by atoms with Crippen LogP contribution in [0.4, 0.5) is 0 Å². The summed E-state index contributed by atoms with van der Waals surface area (Å²) in [6, 6.07) is 21.9. The van der Waals surface area contributed by atoms with Gasteiger partial charge < -0.3 is 9.67 Å². The van der Waals surface area contributed by atoms with Crippen LogP contribution in [-0.4, -0.2) is 62.7 Å². The van der Waals surface area contributed by atoms with E-state index < -0.39 is 6.10 Å². The number of hydrogen-bond donors (Lipinski definition) is 1. The van der Waals surface area contributed by atoms with Crippen LogP contribution in [0.1, 0.15) is 16.7 Å². The summed E-state index contributed by atoms with van der Waals surface area (Å²) in [5.41, 5.74) is 4.43. The van der Waals surface area contributed by atoms with E-state index in [0.717, 1.165) is 43.8 Å². The number of benzene rings is 2.